The van der Waals surface area contributed by atoms with Crippen LogP contribution in [0.5, 0.6) is 0 Å². The van der Waals surface area contributed by atoms with Gasteiger partial charge in [0.25, 0.3) is 5.91 Å². The van der Waals surface area contributed by atoms with Crippen molar-refractivity contribution in [3.63, 3.8) is 0 Å². The van der Waals surface area contributed by atoms with Crippen LogP contribution in [0.15, 0.2) is 53.4 Å². The Morgan fingerprint density at radius 1 is 1.04 bits per heavy atom. The van der Waals surface area contributed by atoms with Gasteiger partial charge in [-0.1, -0.05) is 29.8 Å². The molecule has 0 bridgehead atoms. The second-order valence-corrected chi connectivity index (χ2v) is 8.23. The first-order valence-electron chi connectivity index (χ1n) is 8.08. The molecule has 0 radical (unpaired) electrons. The summed E-state index contributed by atoms with van der Waals surface area (Å²) in [6.07, 6.45) is -0.168. The average Bonchev–Trinajstić information content (AvgIpc) is 2.54. The Kier molecular flexibility index (Phi) is 6.15. The lowest BCUT2D eigenvalue weighted by Crippen LogP contribution is -2.34. The highest BCUT2D eigenvalue weighted by atomic mass is 32.2. The van der Waals surface area contributed by atoms with Gasteiger partial charge in [-0.3, -0.25) is 9.59 Å². The van der Waals surface area contributed by atoms with Crippen LogP contribution in [0.25, 0.3) is 0 Å². The summed E-state index contributed by atoms with van der Waals surface area (Å²) in [5.74, 6) is -1.55. The zero-order chi connectivity index (χ0) is 19.3. The van der Waals surface area contributed by atoms with Crippen LogP contribution in [-0.4, -0.2) is 31.4 Å². The SMILES string of the molecule is Cc1ccc(S(=O)(=O)Cc2ccc(C(=O)NC(C)CC(=O)O)cc2)cc1. The summed E-state index contributed by atoms with van der Waals surface area (Å²) < 4.78 is 24.9. The van der Waals surface area contributed by atoms with E-state index in [4.69, 9.17) is 5.11 Å². The molecule has 0 aliphatic rings. The zero-order valence-electron chi connectivity index (χ0n) is 14.6. The van der Waals surface area contributed by atoms with Crippen molar-refractivity contribution in [2.75, 3.05) is 0 Å². The molecule has 1 amide bonds. The zero-order valence-corrected chi connectivity index (χ0v) is 15.4. The maximum atomic E-state index is 12.4. The quantitative estimate of drug-likeness (QED) is 0.775. The summed E-state index contributed by atoms with van der Waals surface area (Å²) in [4.78, 5) is 23.0. The number of rotatable bonds is 7. The molecule has 2 rings (SSSR count). The van der Waals surface area contributed by atoms with Crippen LogP contribution >= 0.6 is 0 Å². The van der Waals surface area contributed by atoms with Crippen molar-refractivity contribution in [1.29, 1.82) is 0 Å². The number of aliphatic carboxylic acids is 1. The van der Waals surface area contributed by atoms with E-state index in [-0.39, 0.29) is 17.1 Å². The van der Waals surface area contributed by atoms with Gasteiger partial charge >= 0.3 is 5.97 Å². The van der Waals surface area contributed by atoms with Crippen LogP contribution in [0.4, 0.5) is 0 Å². The number of aryl methyl sites for hydroxylation is 1. The predicted octanol–water partition coefficient (Wildman–Crippen LogP) is 2.56. The molecule has 0 heterocycles. The van der Waals surface area contributed by atoms with E-state index in [1.165, 1.54) is 12.1 Å². The summed E-state index contributed by atoms with van der Waals surface area (Å²) >= 11 is 0. The van der Waals surface area contributed by atoms with E-state index in [9.17, 15) is 18.0 Å². The Morgan fingerprint density at radius 3 is 2.15 bits per heavy atom. The van der Waals surface area contributed by atoms with Crippen LogP contribution in [0.1, 0.15) is 34.8 Å². The lowest BCUT2D eigenvalue weighted by Gasteiger charge is -2.12. The summed E-state index contributed by atoms with van der Waals surface area (Å²) in [6.45, 7) is 3.49. The monoisotopic (exact) mass is 375 g/mol. The molecule has 0 fully saturated rings. The number of carboxylic acid groups (broad SMARTS) is 1. The standard InChI is InChI=1S/C19H21NO5S/c1-13-3-9-17(10-4-13)26(24,25)12-15-5-7-16(8-6-15)19(23)20-14(2)11-18(21)22/h3-10,14H,11-12H2,1-2H3,(H,20,23)(H,21,22). The number of amides is 1. The number of benzene rings is 2. The van der Waals surface area contributed by atoms with Gasteiger partial charge in [0.05, 0.1) is 17.1 Å². The van der Waals surface area contributed by atoms with E-state index < -0.39 is 27.8 Å². The lowest BCUT2D eigenvalue weighted by atomic mass is 10.1. The Hall–Kier alpha value is -2.67. The van der Waals surface area contributed by atoms with E-state index in [1.54, 1.807) is 43.3 Å². The number of nitrogens with one attached hydrogen (secondary N) is 1. The molecular weight excluding hydrogens is 354 g/mol. The van der Waals surface area contributed by atoms with Crippen LogP contribution in [0.2, 0.25) is 0 Å². The molecule has 0 saturated heterocycles. The summed E-state index contributed by atoms with van der Waals surface area (Å²) in [5, 5.41) is 11.3. The van der Waals surface area contributed by atoms with Gasteiger partial charge in [-0.2, -0.15) is 0 Å². The summed E-state index contributed by atoms with van der Waals surface area (Å²) in [6, 6.07) is 12.4. The minimum absolute atomic E-state index is 0.159. The highest BCUT2D eigenvalue weighted by Gasteiger charge is 2.16. The van der Waals surface area contributed by atoms with Gasteiger partial charge < -0.3 is 10.4 Å². The molecule has 2 aromatic carbocycles. The van der Waals surface area contributed by atoms with Crippen LogP contribution in [-0.2, 0) is 20.4 Å². The van der Waals surface area contributed by atoms with Crippen molar-refractivity contribution in [1.82, 2.24) is 5.32 Å². The van der Waals surface area contributed by atoms with Gasteiger partial charge in [-0.15, -0.1) is 0 Å². The third kappa shape index (κ3) is 5.42. The predicted molar refractivity (Wildman–Crippen MR) is 97.7 cm³/mol. The van der Waals surface area contributed by atoms with E-state index >= 15 is 0 Å². The molecule has 26 heavy (non-hydrogen) atoms. The fourth-order valence-electron chi connectivity index (χ4n) is 2.42. The number of hydrogen-bond donors (Lipinski definition) is 2. The van der Waals surface area contributed by atoms with Gasteiger partial charge in [0, 0.05) is 11.6 Å². The minimum atomic E-state index is -3.46. The van der Waals surface area contributed by atoms with Gasteiger partial charge in [0.15, 0.2) is 9.84 Å². The number of sulfone groups is 1. The molecule has 1 unspecified atom stereocenters. The van der Waals surface area contributed by atoms with Gasteiger partial charge in [0.1, 0.15) is 0 Å². The van der Waals surface area contributed by atoms with Crippen LogP contribution in [0.3, 0.4) is 0 Å². The van der Waals surface area contributed by atoms with E-state index in [1.807, 2.05) is 6.92 Å². The first-order chi connectivity index (χ1) is 12.2. The van der Waals surface area contributed by atoms with Gasteiger partial charge in [-0.25, -0.2) is 8.42 Å². The lowest BCUT2D eigenvalue weighted by molar-refractivity contribution is -0.137. The number of carbonyl (C=O) groups excluding carboxylic acids is 1. The molecule has 0 aliphatic carbocycles. The van der Waals surface area contributed by atoms with E-state index in [0.29, 0.717) is 11.1 Å². The van der Waals surface area contributed by atoms with Gasteiger partial charge in [0.2, 0.25) is 0 Å². The Bertz CT molecular complexity index is 887. The first-order valence-corrected chi connectivity index (χ1v) is 9.73. The third-order valence-electron chi connectivity index (χ3n) is 3.81. The maximum Gasteiger partial charge on any atom is 0.305 e. The summed E-state index contributed by atoms with van der Waals surface area (Å²) in [7, 11) is -3.46. The Balaban J connectivity index is 2.06. The molecule has 0 spiro atoms. The Labute approximate surface area is 152 Å². The fourth-order valence-corrected chi connectivity index (χ4v) is 3.77. The number of hydrogen-bond acceptors (Lipinski definition) is 4. The first kappa shape index (κ1) is 19.7. The minimum Gasteiger partial charge on any atom is -0.481 e. The topological polar surface area (TPSA) is 101 Å². The molecule has 138 valence electrons. The van der Waals surface area contributed by atoms with Crippen molar-refractivity contribution in [2.45, 2.75) is 37.0 Å². The third-order valence-corrected chi connectivity index (χ3v) is 5.51. The fraction of sp³-hybridized carbons (Fsp3) is 0.263. The molecule has 7 heteroatoms. The molecule has 0 aromatic heterocycles. The van der Waals surface area contributed by atoms with Crippen molar-refractivity contribution in [2.24, 2.45) is 0 Å². The number of carbonyl (C=O) groups is 2. The molecule has 6 nitrogen and oxygen atoms in total. The van der Waals surface area contributed by atoms with E-state index in [2.05, 4.69) is 5.32 Å². The highest BCUT2D eigenvalue weighted by molar-refractivity contribution is 7.90. The van der Waals surface area contributed by atoms with Crippen molar-refractivity contribution in [3.05, 3.63) is 65.2 Å². The van der Waals surface area contributed by atoms with Crippen molar-refractivity contribution in [3.8, 4) is 0 Å². The second kappa shape index (κ2) is 8.14. The van der Waals surface area contributed by atoms with Crippen LogP contribution in [0, 0.1) is 6.92 Å². The van der Waals surface area contributed by atoms with Gasteiger partial charge in [-0.05, 0) is 43.7 Å². The number of carboxylic acids is 1. The maximum absolute atomic E-state index is 12.4. The normalized spacial score (nSPS) is 12.4. The van der Waals surface area contributed by atoms with E-state index in [0.717, 1.165) is 5.56 Å². The second-order valence-electron chi connectivity index (χ2n) is 6.24. The summed E-state index contributed by atoms with van der Waals surface area (Å²) in [5.41, 5.74) is 1.90. The molecule has 2 N–H and O–H groups in total. The highest BCUT2D eigenvalue weighted by Crippen LogP contribution is 2.17. The molecule has 1 atom stereocenters. The average molecular weight is 375 g/mol. The van der Waals surface area contributed by atoms with Crippen molar-refractivity contribution < 1.29 is 23.1 Å². The van der Waals surface area contributed by atoms with Crippen molar-refractivity contribution >= 4 is 21.7 Å². The largest absolute Gasteiger partial charge is 0.481 e. The molecule has 2 aromatic rings. The Morgan fingerprint density at radius 2 is 1.62 bits per heavy atom. The molecular formula is C19H21NO5S. The smallest absolute Gasteiger partial charge is 0.305 e. The molecule has 0 saturated carbocycles. The van der Waals surface area contributed by atoms with Crippen LogP contribution < -0.4 is 5.32 Å². The molecule has 0 aliphatic heterocycles.